The lowest BCUT2D eigenvalue weighted by Gasteiger charge is -2.32. The Labute approximate surface area is 101 Å². The van der Waals surface area contributed by atoms with E-state index in [9.17, 15) is 4.79 Å². The van der Waals surface area contributed by atoms with Crippen LogP contribution in [0.25, 0.3) is 0 Å². The van der Waals surface area contributed by atoms with Crippen molar-refractivity contribution in [3.8, 4) is 0 Å². The number of hydrazine groups is 1. The predicted octanol–water partition coefficient (Wildman–Crippen LogP) is 1.26. The van der Waals surface area contributed by atoms with Crippen LogP contribution in [0.2, 0.25) is 0 Å². The first kappa shape index (κ1) is 12.1. The van der Waals surface area contributed by atoms with E-state index in [1.807, 2.05) is 0 Å². The summed E-state index contributed by atoms with van der Waals surface area (Å²) in [7, 11) is 0. The number of nitrogens with two attached hydrogens (primary N) is 1. The smallest absolute Gasteiger partial charge is 0.268 e. The van der Waals surface area contributed by atoms with E-state index in [4.69, 9.17) is 10.3 Å². The van der Waals surface area contributed by atoms with Gasteiger partial charge in [0.05, 0.1) is 18.4 Å². The van der Waals surface area contributed by atoms with E-state index in [1.165, 1.54) is 25.5 Å². The number of hydrogen-bond acceptors (Lipinski definition) is 4. The summed E-state index contributed by atoms with van der Waals surface area (Å²) >= 11 is 0. The van der Waals surface area contributed by atoms with Gasteiger partial charge in [-0.2, -0.15) is 0 Å². The molecule has 1 aromatic heterocycles. The number of nitrogens with zero attached hydrogens (tertiary/aromatic N) is 1. The number of amides is 1. The van der Waals surface area contributed by atoms with Gasteiger partial charge in [-0.3, -0.25) is 15.1 Å². The zero-order chi connectivity index (χ0) is 12.3. The number of nitrogens with one attached hydrogen (secondary N) is 1. The van der Waals surface area contributed by atoms with E-state index in [0.717, 1.165) is 6.54 Å². The molecule has 1 amide bonds. The fraction of sp³-hybridized carbons (Fsp3) is 0.583. The summed E-state index contributed by atoms with van der Waals surface area (Å²) in [5.41, 5.74) is 2.67. The average Bonchev–Trinajstić information content (AvgIpc) is 2.79. The van der Waals surface area contributed by atoms with Crippen LogP contribution in [-0.2, 0) is 6.54 Å². The van der Waals surface area contributed by atoms with E-state index in [2.05, 4.69) is 17.2 Å². The van der Waals surface area contributed by atoms with Crippen LogP contribution in [-0.4, -0.2) is 23.4 Å². The summed E-state index contributed by atoms with van der Waals surface area (Å²) in [4.78, 5) is 13.8. The van der Waals surface area contributed by atoms with Crippen LogP contribution in [0.15, 0.2) is 16.7 Å². The molecule has 0 spiro atoms. The molecule has 17 heavy (non-hydrogen) atoms. The lowest BCUT2D eigenvalue weighted by atomic mass is 10.0. The number of hydrogen-bond donors (Lipinski definition) is 2. The van der Waals surface area contributed by atoms with Gasteiger partial charge in [0, 0.05) is 6.04 Å². The molecular formula is C12H19N3O2. The van der Waals surface area contributed by atoms with Gasteiger partial charge in [-0.05, 0) is 32.4 Å². The largest absolute Gasteiger partial charge is 0.467 e. The third kappa shape index (κ3) is 2.68. The standard InChI is InChI=1S/C12H19N3O2/c1-9-4-2-3-6-15(9)8-11-10(5-7-17-11)12(16)14-13/h5,7,9H,2-4,6,8,13H2,1H3,(H,14,16). The van der Waals surface area contributed by atoms with Crippen molar-refractivity contribution in [2.75, 3.05) is 6.54 Å². The third-order valence-corrected chi connectivity index (χ3v) is 3.41. The van der Waals surface area contributed by atoms with Crippen molar-refractivity contribution in [2.45, 2.75) is 38.8 Å². The molecule has 1 saturated heterocycles. The Morgan fingerprint density at radius 3 is 3.18 bits per heavy atom. The number of rotatable bonds is 3. The molecule has 0 aliphatic carbocycles. The maximum Gasteiger partial charge on any atom is 0.268 e. The maximum absolute atomic E-state index is 11.5. The molecule has 5 nitrogen and oxygen atoms in total. The van der Waals surface area contributed by atoms with E-state index in [1.54, 1.807) is 6.07 Å². The van der Waals surface area contributed by atoms with E-state index in [0.29, 0.717) is 23.9 Å². The van der Waals surface area contributed by atoms with Gasteiger partial charge in [-0.15, -0.1) is 0 Å². The molecule has 94 valence electrons. The highest BCUT2D eigenvalue weighted by Crippen LogP contribution is 2.21. The summed E-state index contributed by atoms with van der Waals surface area (Å²) in [6.45, 7) is 3.95. The fourth-order valence-corrected chi connectivity index (χ4v) is 2.32. The van der Waals surface area contributed by atoms with Crippen LogP contribution < -0.4 is 11.3 Å². The lowest BCUT2D eigenvalue weighted by molar-refractivity contribution is 0.0945. The van der Waals surface area contributed by atoms with E-state index < -0.39 is 0 Å². The Morgan fingerprint density at radius 2 is 2.47 bits per heavy atom. The Bertz CT molecular complexity index is 389. The van der Waals surface area contributed by atoms with Crippen LogP contribution in [0, 0.1) is 0 Å². The molecule has 2 rings (SSSR count). The zero-order valence-electron chi connectivity index (χ0n) is 10.1. The highest BCUT2D eigenvalue weighted by Gasteiger charge is 2.22. The van der Waals surface area contributed by atoms with E-state index in [-0.39, 0.29) is 5.91 Å². The SMILES string of the molecule is CC1CCCCN1Cc1occc1C(=O)NN. The summed E-state index contributed by atoms with van der Waals surface area (Å²) in [5.74, 6) is 5.54. The highest BCUT2D eigenvalue weighted by atomic mass is 16.3. The summed E-state index contributed by atoms with van der Waals surface area (Å²) < 4.78 is 5.38. The van der Waals surface area contributed by atoms with Crippen LogP contribution >= 0.6 is 0 Å². The van der Waals surface area contributed by atoms with Crippen LogP contribution in [0.4, 0.5) is 0 Å². The fourth-order valence-electron chi connectivity index (χ4n) is 2.32. The maximum atomic E-state index is 11.5. The molecule has 1 atom stereocenters. The van der Waals surface area contributed by atoms with Crippen molar-refractivity contribution in [2.24, 2.45) is 5.84 Å². The first-order chi connectivity index (χ1) is 8.22. The van der Waals surface area contributed by atoms with Crippen molar-refractivity contribution in [1.82, 2.24) is 10.3 Å². The molecule has 0 aromatic carbocycles. The van der Waals surface area contributed by atoms with Crippen LogP contribution in [0.3, 0.4) is 0 Å². The first-order valence-electron chi connectivity index (χ1n) is 6.03. The van der Waals surface area contributed by atoms with Crippen molar-refractivity contribution < 1.29 is 9.21 Å². The third-order valence-electron chi connectivity index (χ3n) is 3.41. The molecule has 1 aliphatic rings. The van der Waals surface area contributed by atoms with Crippen molar-refractivity contribution >= 4 is 5.91 Å². The van der Waals surface area contributed by atoms with Crippen molar-refractivity contribution in [1.29, 1.82) is 0 Å². The molecule has 0 radical (unpaired) electrons. The first-order valence-corrected chi connectivity index (χ1v) is 6.03. The van der Waals surface area contributed by atoms with Gasteiger partial charge in [0.25, 0.3) is 5.91 Å². The Hall–Kier alpha value is -1.33. The Balaban J connectivity index is 2.07. The van der Waals surface area contributed by atoms with Gasteiger partial charge < -0.3 is 4.42 Å². The van der Waals surface area contributed by atoms with Gasteiger partial charge in [0.1, 0.15) is 5.76 Å². The lowest BCUT2D eigenvalue weighted by Crippen LogP contribution is -2.37. The normalized spacial score (nSPS) is 21.4. The molecule has 1 fully saturated rings. The zero-order valence-corrected chi connectivity index (χ0v) is 10.1. The Morgan fingerprint density at radius 1 is 1.65 bits per heavy atom. The van der Waals surface area contributed by atoms with Gasteiger partial charge in [-0.1, -0.05) is 6.42 Å². The van der Waals surface area contributed by atoms with Gasteiger partial charge >= 0.3 is 0 Å². The van der Waals surface area contributed by atoms with Gasteiger partial charge in [-0.25, -0.2) is 5.84 Å². The molecule has 0 saturated carbocycles. The van der Waals surface area contributed by atoms with Crippen molar-refractivity contribution in [3.05, 3.63) is 23.7 Å². The number of furan rings is 1. The molecule has 3 N–H and O–H groups in total. The molecule has 1 aliphatic heterocycles. The average molecular weight is 237 g/mol. The molecular weight excluding hydrogens is 218 g/mol. The summed E-state index contributed by atoms with van der Waals surface area (Å²) in [6, 6.07) is 2.20. The van der Waals surface area contributed by atoms with E-state index >= 15 is 0 Å². The number of carbonyl (C=O) groups is 1. The highest BCUT2D eigenvalue weighted by molar-refractivity contribution is 5.94. The topological polar surface area (TPSA) is 71.5 Å². The quantitative estimate of drug-likeness (QED) is 0.471. The molecule has 0 bridgehead atoms. The minimum Gasteiger partial charge on any atom is -0.467 e. The molecule has 1 unspecified atom stereocenters. The molecule has 1 aromatic rings. The predicted molar refractivity (Wildman–Crippen MR) is 64.1 cm³/mol. The number of nitrogen functional groups attached to an aromatic ring is 1. The number of carbonyl (C=O) groups excluding carboxylic acids is 1. The van der Waals surface area contributed by atoms with Crippen LogP contribution in [0.5, 0.6) is 0 Å². The second-order valence-corrected chi connectivity index (χ2v) is 4.55. The second-order valence-electron chi connectivity index (χ2n) is 4.55. The van der Waals surface area contributed by atoms with Gasteiger partial charge in [0.2, 0.25) is 0 Å². The molecule has 2 heterocycles. The minimum absolute atomic E-state index is 0.293. The summed E-state index contributed by atoms with van der Waals surface area (Å²) in [5, 5.41) is 0. The minimum atomic E-state index is -0.293. The van der Waals surface area contributed by atoms with Crippen LogP contribution in [0.1, 0.15) is 42.3 Å². The second kappa shape index (κ2) is 5.33. The molecule has 5 heteroatoms. The number of likely N-dealkylation sites (tertiary alicyclic amines) is 1. The monoisotopic (exact) mass is 237 g/mol. The number of piperidine rings is 1. The van der Waals surface area contributed by atoms with Gasteiger partial charge in [0.15, 0.2) is 0 Å². The van der Waals surface area contributed by atoms with Crippen molar-refractivity contribution in [3.63, 3.8) is 0 Å². The summed E-state index contributed by atoms with van der Waals surface area (Å²) in [6.07, 6.45) is 5.24. The Kier molecular flexibility index (Phi) is 3.81.